The van der Waals surface area contributed by atoms with Gasteiger partial charge in [-0.2, -0.15) is 0 Å². The van der Waals surface area contributed by atoms with Gasteiger partial charge in [-0.15, -0.1) is 0 Å². The number of carbonyl (C=O) groups excluding carboxylic acids is 1. The Morgan fingerprint density at radius 1 is 1.12 bits per heavy atom. The molecule has 0 saturated heterocycles. The molecule has 6 nitrogen and oxygen atoms in total. The minimum absolute atomic E-state index is 0.120. The van der Waals surface area contributed by atoms with Crippen molar-refractivity contribution in [2.75, 3.05) is 19.8 Å². The van der Waals surface area contributed by atoms with Crippen molar-refractivity contribution >= 4 is 16.9 Å². The standard InChI is InChI=1S/C27H31NO5/c1-6-31-20-10-7-9-19(15-20)24-23-25(29)22-18(5)13-17(4)14-21(22)33-26(23)27(30)28(24)11-8-12-32-16(2)3/h7,9-10,13-16,24H,6,8,11-12H2,1-5H3. The minimum atomic E-state index is -0.534. The van der Waals surface area contributed by atoms with Gasteiger partial charge >= 0.3 is 0 Å². The highest BCUT2D eigenvalue weighted by Gasteiger charge is 2.42. The maximum atomic E-state index is 13.8. The topological polar surface area (TPSA) is 69.0 Å². The number of benzene rings is 2. The molecule has 4 rings (SSSR count). The quantitative estimate of drug-likeness (QED) is 0.444. The zero-order chi connectivity index (χ0) is 23.7. The maximum absolute atomic E-state index is 13.8. The molecule has 1 aliphatic heterocycles. The zero-order valence-corrected chi connectivity index (χ0v) is 19.9. The molecule has 2 aromatic carbocycles. The SMILES string of the molecule is CCOc1cccc(C2c3c(oc4cc(C)cc(C)c4c3=O)C(=O)N2CCCOC(C)C)c1. The lowest BCUT2D eigenvalue weighted by Crippen LogP contribution is -2.31. The molecule has 1 amide bonds. The van der Waals surface area contributed by atoms with E-state index in [9.17, 15) is 9.59 Å². The Bertz CT molecular complexity index is 1240. The Hall–Kier alpha value is -3.12. The van der Waals surface area contributed by atoms with E-state index in [1.807, 2.05) is 71.0 Å². The highest BCUT2D eigenvalue weighted by Crippen LogP contribution is 2.39. The molecule has 0 aliphatic carbocycles. The van der Waals surface area contributed by atoms with Crippen molar-refractivity contribution < 1.29 is 18.7 Å². The lowest BCUT2D eigenvalue weighted by molar-refractivity contribution is 0.0593. The van der Waals surface area contributed by atoms with E-state index >= 15 is 0 Å². The van der Waals surface area contributed by atoms with E-state index in [4.69, 9.17) is 13.9 Å². The first-order chi connectivity index (χ1) is 15.8. The summed E-state index contributed by atoms with van der Waals surface area (Å²) in [6.45, 7) is 11.3. The van der Waals surface area contributed by atoms with Crippen LogP contribution in [0, 0.1) is 13.8 Å². The first-order valence-corrected chi connectivity index (χ1v) is 11.5. The van der Waals surface area contributed by atoms with Gasteiger partial charge in [0, 0.05) is 13.2 Å². The summed E-state index contributed by atoms with van der Waals surface area (Å²) in [6, 6.07) is 10.9. The Balaban J connectivity index is 1.85. The van der Waals surface area contributed by atoms with E-state index in [1.165, 1.54) is 0 Å². The van der Waals surface area contributed by atoms with Crippen LogP contribution in [0.25, 0.3) is 11.0 Å². The summed E-state index contributed by atoms with van der Waals surface area (Å²) in [7, 11) is 0. The molecular formula is C27H31NO5. The van der Waals surface area contributed by atoms with Crippen LogP contribution in [0.1, 0.15) is 66.0 Å². The predicted octanol–water partition coefficient (Wildman–Crippen LogP) is 5.17. The highest BCUT2D eigenvalue weighted by atomic mass is 16.5. The van der Waals surface area contributed by atoms with Crippen LogP contribution in [-0.4, -0.2) is 36.7 Å². The van der Waals surface area contributed by atoms with Gasteiger partial charge in [0.05, 0.1) is 29.7 Å². The summed E-state index contributed by atoms with van der Waals surface area (Å²) in [5, 5.41) is 0.531. The van der Waals surface area contributed by atoms with E-state index in [0.717, 1.165) is 16.7 Å². The molecule has 0 radical (unpaired) electrons. The third-order valence-corrected chi connectivity index (χ3v) is 5.89. The van der Waals surface area contributed by atoms with Gasteiger partial charge in [0.1, 0.15) is 11.3 Å². The van der Waals surface area contributed by atoms with E-state index in [2.05, 4.69) is 0 Å². The smallest absolute Gasteiger partial charge is 0.290 e. The summed E-state index contributed by atoms with van der Waals surface area (Å²) in [5.41, 5.74) is 3.37. The molecule has 33 heavy (non-hydrogen) atoms. The lowest BCUT2D eigenvalue weighted by atomic mass is 9.96. The van der Waals surface area contributed by atoms with Crippen molar-refractivity contribution in [3.8, 4) is 5.75 Å². The van der Waals surface area contributed by atoms with E-state index in [-0.39, 0.29) is 23.2 Å². The van der Waals surface area contributed by atoms with Crippen LogP contribution in [0.5, 0.6) is 5.75 Å². The van der Waals surface area contributed by atoms with Crippen molar-refractivity contribution in [2.45, 2.75) is 53.2 Å². The fraction of sp³-hybridized carbons (Fsp3) is 0.407. The van der Waals surface area contributed by atoms with E-state index in [1.54, 1.807) is 4.90 Å². The number of rotatable bonds is 8. The summed E-state index contributed by atoms with van der Waals surface area (Å²) < 4.78 is 17.5. The van der Waals surface area contributed by atoms with Crippen LogP contribution in [0.3, 0.4) is 0 Å². The second kappa shape index (κ2) is 9.40. The Kier molecular flexibility index (Phi) is 6.56. The number of hydrogen-bond acceptors (Lipinski definition) is 5. The molecule has 0 saturated carbocycles. The third-order valence-electron chi connectivity index (χ3n) is 5.89. The first kappa shape index (κ1) is 23.1. The van der Waals surface area contributed by atoms with Gasteiger partial charge in [-0.05, 0) is 75.9 Å². The van der Waals surface area contributed by atoms with Crippen molar-refractivity contribution in [3.63, 3.8) is 0 Å². The lowest BCUT2D eigenvalue weighted by Gasteiger charge is -2.25. The minimum Gasteiger partial charge on any atom is -0.494 e. The van der Waals surface area contributed by atoms with Crippen LogP contribution >= 0.6 is 0 Å². The van der Waals surface area contributed by atoms with Crippen LogP contribution in [0.2, 0.25) is 0 Å². The average Bonchev–Trinajstić information content (AvgIpc) is 3.03. The molecule has 3 aromatic rings. The molecule has 0 bridgehead atoms. The van der Waals surface area contributed by atoms with Gasteiger partial charge in [-0.3, -0.25) is 9.59 Å². The molecule has 0 fully saturated rings. The highest BCUT2D eigenvalue weighted by molar-refractivity contribution is 5.99. The van der Waals surface area contributed by atoms with Gasteiger partial charge in [0.2, 0.25) is 5.76 Å². The second-order valence-corrected chi connectivity index (χ2v) is 8.81. The van der Waals surface area contributed by atoms with Crippen LogP contribution in [0.15, 0.2) is 45.6 Å². The third kappa shape index (κ3) is 4.40. The van der Waals surface area contributed by atoms with Crippen molar-refractivity contribution in [1.82, 2.24) is 4.90 Å². The number of ether oxygens (including phenoxy) is 2. The Morgan fingerprint density at radius 3 is 2.64 bits per heavy atom. The normalized spacial score (nSPS) is 15.5. The number of amides is 1. The number of nitrogens with zero attached hydrogens (tertiary/aromatic N) is 1. The molecule has 1 unspecified atom stereocenters. The Labute approximate surface area is 194 Å². The average molecular weight is 450 g/mol. The summed E-state index contributed by atoms with van der Waals surface area (Å²) in [5.74, 6) is 0.574. The molecule has 174 valence electrons. The first-order valence-electron chi connectivity index (χ1n) is 11.5. The molecule has 1 atom stereocenters. The molecule has 2 heterocycles. The van der Waals surface area contributed by atoms with Gasteiger partial charge < -0.3 is 18.8 Å². The number of hydrogen-bond donors (Lipinski definition) is 0. The molecular weight excluding hydrogens is 418 g/mol. The van der Waals surface area contributed by atoms with Gasteiger partial charge in [-0.1, -0.05) is 18.2 Å². The van der Waals surface area contributed by atoms with Crippen molar-refractivity contribution in [1.29, 1.82) is 0 Å². The molecule has 0 N–H and O–H groups in total. The van der Waals surface area contributed by atoms with Crippen molar-refractivity contribution in [2.24, 2.45) is 0 Å². The van der Waals surface area contributed by atoms with Crippen LogP contribution < -0.4 is 10.2 Å². The second-order valence-electron chi connectivity index (χ2n) is 8.81. The monoisotopic (exact) mass is 449 g/mol. The van der Waals surface area contributed by atoms with Gasteiger partial charge in [0.25, 0.3) is 5.91 Å². The zero-order valence-electron chi connectivity index (χ0n) is 19.9. The van der Waals surface area contributed by atoms with E-state index < -0.39 is 6.04 Å². The maximum Gasteiger partial charge on any atom is 0.290 e. The number of fused-ring (bicyclic) bond motifs is 2. The largest absolute Gasteiger partial charge is 0.494 e. The molecule has 1 aromatic heterocycles. The number of aryl methyl sites for hydroxylation is 2. The molecule has 0 spiro atoms. The summed E-state index contributed by atoms with van der Waals surface area (Å²) >= 11 is 0. The summed E-state index contributed by atoms with van der Waals surface area (Å²) in [6.07, 6.45) is 0.778. The number of carbonyl (C=O) groups is 1. The fourth-order valence-corrected chi connectivity index (χ4v) is 4.59. The van der Waals surface area contributed by atoms with Crippen LogP contribution in [-0.2, 0) is 4.74 Å². The molecule has 6 heteroatoms. The van der Waals surface area contributed by atoms with Gasteiger partial charge in [-0.25, -0.2) is 0 Å². The van der Waals surface area contributed by atoms with Crippen LogP contribution in [0.4, 0.5) is 0 Å². The fourth-order valence-electron chi connectivity index (χ4n) is 4.59. The van der Waals surface area contributed by atoms with Crippen molar-refractivity contribution in [3.05, 3.63) is 74.6 Å². The Morgan fingerprint density at radius 2 is 1.91 bits per heavy atom. The van der Waals surface area contributed by atoms with Gasteiger partial charge in [0.15, 0.2) is 5.43 Å². The molecule has 1 aliphatic rings. The van der Waals surface area contributed by atoms with E-state index in [0.29, 0.717) is 48.5 Å². The predicted molar refractivity (Wildman–Crippen MR) is 128 cm³/mol. The summed E-state index contributed by atoms with van der Waals surface area (Å²) in [4.78, 5) is 29.0.